The summed E-state index contributed by atoms with van der Waals surface area (Å²) in [6.07, 6.45) is 3.01. The Hall–Kier alpha value is -1.71. The summed E-state index contributed by atoms with van der Waals surface area (Å²) in [6.45, 7) is 1.66. The number of benzene rings is 1. The molecule has 2 aromatic heterocycles. The third-order valence-electron chi connectivity index (χ3n) is 3.06. The Morgan fingerprint density at radius 1 is 1.28 bits per heavy atom. The van der Waals surface area contributed by atoms with Crippen molar-refractivity contribution in [1.29, 1.82) is 0 Å². The molecule has 92 valence electrons. The van der Waals surface area contributed by atoms with Crippen LogP contribution >= 0.6 is 11.6 Å². The van der Waals surface area contributed by atoms with Crippen molar-refractivity contribution in [2.45, 2.75) is 12.5 Å². The second kappa shape index (κ2) is 3.90. The molecule has 0 aliphatic rings. The zero-order valence-electron chi connectivity index (χ0n) is 9.68. The summed E-state index contributed by atoms with van der Waals surface area (Å²) in [7, 11) is 0. The fraction of sp³-hybridized carbons (Fsp3) is 0.143. The Kier molecular flexibility index (Phi) is 2.47. The molecule has 0 radical (unpaired) electrons. The molecule has 0 bridgehead atoms. The van der Waals surface area contributed by atoms with Gasteiger partial charge < -0.3 is 13.9 Å². The van der Waals surface area contributed by atoms with E-state index in [1.807, 2.05) is 12.1 Å². The molecule has 1 aromatic carbocycles. The van der Waals surface area contributed by atoms with Gasteiger partial charge in [-0.1, -0.05) is 23.7 Å². The van der Waals surface area contributed by atoms with Gasteiger partial charge in [-0.2, -0.15) is 0 Å². The van der Waals surface area contributed by atoms with Crippen LogP contribution in [-0.2, 0) is 5.60 Å². The number of rotatable bonds is 2. The number of hydrogen-bond acceptors (Lipinski definition) is 3. The highest BCUT2D eigenvalue weighted by Crippen LogP contribution is 2.35. The molecule has 1 N–H and O–H groups in total. The first-order valence-electron chi connectivity index (χ1n) is 5.52. The summed E-state index contributed by atoms with van der Waals surface area (Å²) in [5.41, 5.74) is -0.0226. The molecule has 3 nitrogen and oxygen atoms in total. The lowest BCUT2D eigenvalue weighted by Crippen LogP contribution is -2.20. The van der Waals surface area contributed by atoms with Crippen LogP contribution in [0.2, 0.25) is 5.02 Å². The molecular formula is C14H11ClO3. The number of hydrogen-bond donors (Lipinski definition) is 1. The third-order valence-corrected chi connectivity index (χ3v) is 3.36. The van der Waals surface area contributed by atoms with Crippen molar-refractivity contribution < 1.29 is 13.9 Å². The van der Waals surface area contributed by atoms with Crippen molar-refractivity contribution in [3.63, 3.8) is 0 Å². The van der Waals surface area contributed by atoms with Crippen LogP contribution in [0.4, 0.5) is 0 Å². The SMILES string of the molecule is CC(O)(c1ccoc1)c1cc2cccc(Cl)c2o1. The lowest BCUT2D eigenvalue weighted by Gasteiger charge is -2.18. The molecule has 3 aromatic rings. The van der Waals surface area contributed by atoms with E-state index in [0.717, 1.165) is 5.39 Å². The molecule has 2 heterocycles. The second-order valence-corrected chi connectivity index (χ2v) is 4.76. The highest BCUT2D eigenvalue weighted by Gasteiger charge is 2.31. The summed E-state index contributed by atoms with van der Waals surface area (Å²) in [5, 5.41) is 11.9. The highest BCUT2D eigenvalue weighted by molar-refractivity contribution is 6.34. The number of aliphatic hydroxyl groups is 1. The molecule has 4 heteroatoms. The zero-order valence-corrected chi connectivity index (χ0v) is 10.4. The van der Waals surface area contributed by atoms with Gasteiger partial charge >= 0.3 is 0 Å². The molecule has 0 amide bonds. The van der Waals surface area contributed by atoms with Crippen molar-refractivity contribution in [3.8, 4) is 0 Å². The minimum atomic E-state index is -1.24. The molecule has 0 saturated heterocycles. The lowest BCUT2D eigenvalue weighted by molar-refractivity contribution is 0.0780. The number of fused-ring (bicyclic) bond motifs is 1. The predicted octanol–water partition coefficient (Wildman–Crippen LogP) is 3.94. The van der Waals surface area contributed by atoms with Gasteiger partial charge in [-0.3, -0.25) is 0 Å². The van der Waals surface area contributed by atoms with Gasteiger partial charge in [0, 0.05) is 10.9 Å². The predicted molar refractivity (Wildman–Crippen MR) is 68.6 cm³/mol. The molecule has 1 unspecified atom stereocenters. The molecule has 0 aliphatic carbocycles. The first kappa shape index (κ1) is 11.4. The van der Waals surface area contributed by atoms with Crippen molar-refractivity contribution in [2.24, 2.45) is 0 Å². The maximum Gasteiger partial charge on any atom is 0.153 e. The fourth-order valence-corrected chi connectivity index (χ4v) is 2.17. The Labute approximate surface area is 109 Å². The topological polar surface area (TPSA) is 46.5 Å². The molecule has 1 atom stereocenters. The number of furan rings is 2. The van der Waals surface area contributed by atoms with E-state index in [0.29, 0.717) is 21.9 Å². The monoisotopic (exact) mass is 262 g/mol. The summed E-state index contributed by atoms with van der Waals surface area (Å²) < 4.78 is 10.7. The second-order valence-electron chi connectivity index (χ2n) is 4.35. The molecule has 0 spiro atoms. The van der Waals surface area contributed by atoms with Crippen LogP contribution in [0.25, 0.3) is 11.0 Å². The standard InChI is InChI=1S/C14H11ClO3/c1-14(16,10-5-6-17-8-10)12-7-9-3-2-4-11(15)13(9)18-12/h2-8,16H,1H3. The van der Waals surface area contributed by atoms with E-state index in [-0.39, 0.29) is 0 Å². The third kappa shape index (κ3) is 1.64. The van der Waals surface area contributed by atoms with Crippen molar-refractivity contribution in [2.75, 3.05) is 0 Å². The largest absolute Gasteiger partial charge is 0.472 e. The molecule has 3 rings (SSSR count). The Morgan fingerprint density at radius 2 is 2.11 bits per heavy atom. The smallest absolute Gasteiger partial charge is 0.153 e. The van der Waals surface area contributed by atoms with Gasteiger partial charge in [-0.25, -0.2) is 0 Å². The van der Waals surface area contributed by atoms with E-state index < -0.39 is 5.60 Å². The quantitative estimate of drug-likeness (QED) is 0.761. The molecule has 0 aliphatic heterocycles. The van der Waals surface area contributed by atoms with E-state index in [4.69, 9.17) is 20.4 Å². The van der Waals surface area contributed by atoms with Gasteiger partial charge in [0.05, 0.1) is 17.5 Å². The Bertz CT molecular complexity index is 680. The lowest BCUT2D eigenvalue weighted by atomic mass is 9.96. The van der Waals surface area contributed by atoms with Crippen LogP contribution in [0, 0.1) is 0 Å². The van der Waals surface area contributed by atoms with E-state index in [9.17, 15) is 5.11 Å². The summed E-state index contributed by atoms with van der Waals surface area (Å²) in [5.74, 6) is 0.437. The molecular weight excluding hydrogens is 252 g/mol. The highest BCUT2D eigenvalue weighted by atomic mass is 35.5. The van der Waals surface area contributed by atoms with Crippen LogP contribution in [0.1, 0.15) is 18.2 Å². The van der Waals surface area contributed by atoms with Crippen LogP contribution in [-0.4, -0.2) is 5.11 Å². The minimum absolute atomic E-state index is 0.437. The summed E-state index contributed by atoms with van der Waals surface area (Å²) in [6, 6.07) is 8.98. The molecule has 0 fully saturated rings. The van der Waals surface area contributed by atoms with E-state index in [2.05, 4.69) is 0 Å². The van der Waals surface area contributed by atoms with Gasteiger partial charge in [-0.15, -0.1) is 0 Å². The van der Waals surface area contributed by atoms with Crippen LogP contribution in [0.15, 0.2) is 51.7 Å². The fourth-order valence-electron chi connectivity index (χ4n) is 1.95. The maximum absolute atomic E-state index is 10.5. The van der Waals surface area contributed by atoms with E-state index in [1.54, 1.807) is 25.1 Å². The number of para-hydroxylation sites is 1. The van der Waals surface area contributed by atoms with E-state index >= 15 is 0 Å². The minimum Gasteiger partial charge on any atom is -0.472 e. The molecule has 18 heavy (non-hydrogen) atoms. The van der Waals surface area contributed by atoms with Gasteiger partial charge in [-0.05, 0) is 25.1 Å². The zero-order chi connectivity index (χ0) is 12.8. The maximum atomic E-state index is 10.5. The first-order chi connectivity index (χ1) is 8.59. The van der Waals surface area contributed by atoms with Crippen molar-refractivity contribution >= 4 is 22.6 Å². The number of halogens is 1. The molecule has 0 saturated carbocycles. The summed E-state index contributed by atoms with van der Waals surface area (Å²) in [4.78, 5) is 0. The Morgan fingerprint density at radius 3 is 2.78 bits per heavy atom. The summed E-state index contributed by atoms with van der Waals surface area (Å²) >= 11 is 6.05. The van der Waals surface area contributed by atoms with Gasteiger partial charge in [0.1, 0.15) is 11.4 Å². The van der Waals surface area contributed by atoms with Gasteiger partial charge in [0.15, 0.2) is 5.58 Å². The van der Waals surface area contributed by atoms with Crippen molar-refractivity contribution in [3.05, 3.63) is 59.2 Å². The van der Waals surface area contributed by atoms with Crippen LogP contribution < -0.4 is 0 Å². The van der Waals surface area contributed by atoms with Crippen molar-refractivity contribution in [1.82, 2.24) is 0 Å². The van der Waals surface area contributed by atoms with Gasteiger partial charge in [0.2, 0.25) is 0 Å². The van der Waals surface area contributed by atoms with Crippen LogP contribution in [0.5, 0.6) is 0 Å². The average molecular weight is 263 g/mol. The van der Waals surface area contributed by atoms with Crippen LogP contribution in [0.3, 0.4) is 0 Å². The van der Waals surface area contributed by atoms with E-state index in [1.165, 1.54) is 12.5 Å². The van der Waals surface area contributed by atoms with Gasteiger partial charge in [0.25, 0.3) is 0 Å². The normalized spacial score (nSPS) is 14.8. The first-order valence-corrected chi connectivity index (χ1v) is 5.90. The Balaban J connectivity index is 2.18. The average Bonchev–Trinajstić information content (AvgIpc) is 2.99.